The molecule has 7 heteroatoms. The minimum Gasteiger partial charge on any atom is -0.481 e. The van der Waals surface area contributed by atoms with E-state index in [4.69, 9.17) is 5.11 Å². The van der Waals surface area contributed by atoms with Crippen LogP contribution in [0.2, 0.25) is 0 Å². The van der Waals surface area contributed by atoms with Crippen molar-refractivity contribution in [3.05, 3.63) is 34.7 Å². The van der Waals surface area contributed by atoms with Crippen molar-refractivity contribution in [3.8, 4) is 17.0 Å². The fourth-order valence-electron chi connectivity index (χ4n) is 1.52. The molecule has 1 aromatic heterocycles. The molecule has 0 radical (unpaired) electrons. The van der Waals surface area contributed by atoms with Crippen molar-refractivity contribution in [1.29, 1.82) is 0 Å². The van der Waals surface area contributed by atoms with Crippen molar-refractivity contribution in [1.82, 2.24) is 4.98 Å². The molecule has 1 N–H and O–H groups in total. The number of halogens is 2. The number of nitrogens with zero attached hydrogens (tertiary/aromatic N) is 1. The Kier molecular flexibility index (Phi) is 4.06. The van der Waals surface area contributed by atoms with Crippen LogP contribution in [0.15, 0.2) is 29.6 Å². The van der Waals surface area contributed by atoms with Crippen LogP contribution in [0.25, 0.3) is 11.3 Å². The topological polar surface area (TPSA) is 59.4 Å². The van der Waals surface area contributed by atoms with Gasteiger partial charge in [-0.2, -0.15) is 8.78 Å². The van der Waals surface area contributed by atoms with Crippen molar-refractivity contribution in [3.63, 3.8) is 0 Å². The van der Waals surface area contributed by atoms with Crippen molar-refractivity contribution in [2.45, 2.75) is 13.0 Å². The average molecular weight is 285 g/mol. The van der Waals surface area contributed by atoms with Crippen molar-refractivity contribution in [2.75, 3.05) is 0 Å². The molecule has 0 aliphatic carbocycles. The lowest BCUT2D eigenvalue weighted by molar-refractivity contribution is -0.136. The Morgan fingerprint density at radius 1 is 1.42 bits per heavy atom. The first-order valence-corrected chi connectivity index (χ1v) is 6.14. The number of carboxylic acid groups (broad SMARTS) is 1. The highest BCUT2D eigenvalue weighted by molar-refractivity contribution is 7.10. The fourth-order valence-corrected chi connectivity index (χ4v) is 2.31. The predicted molar refractivity (Wildman–Crippen MR) is 65.5 cm³/mol. The zero-order valence-electron chi connectivity index (χ0n) is 9.55. The standard InChI is InChI=1S/C12H9F2NO3S/c13-12(14)18-9-4-2-1-3-7(9)8-6-19-10(15-8)5-11(16)17/h1-4,6,12H,5H2,(H,16,17). The van der Waals surface area contributed by atoms with Crippen LogP contribution in [-0.4, -0.2) is 22.7 Å². The molecule has 1 heterocycles. The van der Waals surface area contributed by atoms with E-state index in [-0.39, 0.29) is 12.2 Å². The number of ether oxygens (including phenoxy) is 1. The van der Waals surface area contributed by atoms with Gasteiger partial charge in [-0.25, -0.2) is 4.98 Å². The van der Waals surface area contributed by atoms with E-state index in [1.165, 1.54) is 17.4 Å². The SMILES string of the molecule is O=C(O)Cc1nc(-c2ccccc2OC(F)F)cs1. The first-order valence-electron chi connectivity index (χ1n) is 5.26. The first-order chi connectivity index (χ1) is 9.06. The molecule has 2 aromatic rings. The highest BCUT2D eigenvalue weighted by Crippen LogP contribution is 2.31. The van der Waals surface area contributed by atoms with Crippen LogP contribution in [0, 0.1) is 0 Å². The number of para-hydroxylation sites is 1. The minimum atomic E-state index is -2.92. The summed E-state index contributed by atoms with van der Waals surface area (Å²) < 4.78 is 29.0. The molecule has 19 heavy (non-hydrogen) atoms. The lowest BCUT2D eigenvalue weighted by Crippen LogP contribution is -2.03. The van der Waals surface area contributed by atoms with Crippen LogP contribution in [0.4, 0.5) is 8.78 Å². The van der Waals surface area contributed by atoms with Crippen molar-refractivity contribution < 1.29 is 23.4 Å². The summed E-state index contributed by atoms with van der Waals surface area (Å²) in [6.45, 7) is -2.92. The van der Waals surface area contributed by atoms with Crippen LogP contribution in [0.3, 0.4) is 0 Å². The maximum atomic E-state index is 12.3. The van der Waals surface area contributed by atoms with Gasteiger partial charge >= 0.3 is 12.6 Å². The number of rotatable bonds is 5. The molecule has 0 saturated carbocycles. The summed E-state index contributed by atoms with van der Waals surface area (Å²) in [5, 5.41) is 10.7. The summed E-state index contributed by atoms with van der Waals surface area (Å²) in [6, 6.07) is 6.25. The number of benzene rings is 1. The lowest BCUT2D eigenvalue weighted by Gasteiger charge is -2.08. The smallest absolute Gasteiger partial charge is 0.387 e. The zero-order valence-corrected chi connectivity index (χ0v) is 10.4. The van der Waals surface area contributed by atoms with E-state index in [1.54, 1.807) is 23.6 Å². The minimum absolute atomic E-state index is 0.0182. The van der Waals surface area contributed by atoms with Gasteiger partial charge in [0, 0.05) is 10.9 Å². The summed E-state index contributed by atoms with van der Waals surface area (Å²) in [6.07, 6.45) is -0.192. The molecule has 0 fully saturated rings. The molecule has 0 atom stereocenters. The third kappa shape index (κ3) is 3.47. The van der Waals surface area contributed by atoms with Gasteiger partial charge in [-0.15, -0.1) is 11.3 Å². The second-order valence-corrected chi connectivity index (χ2v) is 4.51. The van der Waals surface area contributed by atoms with Crippen molar-refractivity contribution >= 4 is 17.3 Å². The number of aliphatic carboxylic acids is 1. The molecule has 0 aliphatic rings. The molecule has 100 valence electrons. The van der Waals surface area contributed by atoms with Gasteiger partial charge in [0.25, 0.3) is 0 Å². The van der Waals surface area contributed by atoms with Crippen LogP contribution >= 0.6 is 11.3 Å². The van der Waals surface area contributed by atoms with Gasteiger partial charge < -0.3 is 9.84 Å². The van der Waals surface area contributed by atoms with Gasteiger partial charge in [0.1, 0.15) is 10.8 Å². The molecule has 1 aromatic carbocycles. The predicted octanol–water partition coefficient (Wildman–Crippen LogP) is 3.04. The van der Waals surface area contributed by atoms with Gasteiger partial charge in [0.15, 0.2) is 0 Å². The summed E-state index contributed by atoms with van der Waals surface area (Å²) in [5.74, 6) is -0.970. The van der Waals surface area contributed by atoms with E-state index in [9.17, 15) is 13.6 Å². The van der Waals surface area contributed by atoms with Crippen LogP contribution in [0.5, 0.6) is 5.75 Å². The molecule has 2 rings (SSSR count). The Labute approximate surface area is 111 Å². The summed E-state index contributed by atoms with van der Waals surface area (Å²) in [7, 11) is 0. The molecule has 0 bridgehead atoms. The molecule has 4 nitrogen and oxygen atoms in total. The Morgan fingerprint density at radius 2 is 2.16 bits per heavy atom. The number of aromatic nitrogens is 1. The number of hydrogen-bond donors (Lipinski definition) is 1. The summed E-state index contributed by atoms with van der Waals surface area (Å²) in [4.78, 5) is 14.7. The number of carboxylic acids is 1. The second kappa shape index (κ2) is 5.75. The zero-order chi connectivity index (χ0) is 13.8. The van der Waals surface area contributed by atoms with Crippen molar-refractivity contribution in [2.24, 2.45) is 0 Å². The second-order valence-electron chi connectivity index (χ2n) is 3.57. The first kappa shape index (κ1) is 13.4. The molecule has 0 saturated heterocycles. The molecule has 0 unspecified atom stereocenters. The normalized spacial score (nSPS) is 10.7. The number of carbonyl (C=O) groups is 1. The van der Waals surface area contributed by atoms with Gasteiger partial charge in [-0.1, -0.05) is 12.1 Å². The van der Waals surface area contributed by atoms with E-state index in [0.717, 1.165) is 0 Å². The quantitative estimate of drug-likeness (QED) is 0.917. The number of alkyl halides is 2. The Balaban J connectivity index is 2.30. The van der Waals surface area contributed by atoms with Crippen LogP contribution in [-0.2, 0) is 11.2 Å². The fraction of sp³-hybridized carbons (Fsp3) is 0.167. The van der Waals surface area contributed by atoms with E-state index in [1.807, 2.05) is 0 Å². The summed E-state index contributed by atoms with van der Waals surface area (Å²) in [5.41, 5.74) is 0.841. The van der Waals surface area contributed by atoms with E-state index in [0.29, 0.717) is 16.3 Å². The third-order valence-electron chi connectivity index (χ3n) is 2.23. The maximum absolute atomic E-state index is 12.3. The van der Waals surface area contributed by atoms with E-state index in [2.05, 4.69) is 9.72 Å². The maximum Gasteiger partial charge on any atom is 0.387 e. The number of thiazole rings is 1. The van der Waals surface area contributed by atoms with E-state index >= 15 is 0 Å². The molecule has 0 spiro atoms. The highest BCUT2D eigenvalue weighted by atomic mass is 32.1. The third-order valence-corrected chi connectivity index (χ3v) is 3.08. The largest absolute Gasteiger partial charge is 0.481 e. The number of hydrogen-bond acceptors (Lipinski definition) is 4. The van der Waals surface area contributed by atoms with Gasteiger partial charge in [-0.3, -0.25) is 4.79 Å². The Hall–Kier alpha value is -2.02. The Bertz CT molecular complexity index is 586. The molecule has 0 amide bonds. The lowest BCUT2D eigenvalue weighted by atomic mass is 10.1. The Morgan fingerprint density at radius 3 is 2.84 bits per heavy atom. The van der Waals surface area contributed by atoms with Gasteiger partial charge in [-0.05, 0) is 12.1 Å². The average Bonchev–Trinajstić information content (AvgIpc) is 2.76. The van der Waals surface area contributed by atoms with Gasteiger partial charge in [0.05, 0.1) is 12.1 Å². The highest BCUT2D eigenvalue weighted by Gasteiger charge is 2.14. The van der Waals surface area contributed by atoms with E-state index < -0.39 is 12.6 Å². The summed E-state index contributed by atoms with van der Waals surface area (Å²) >= 11 is 1.17. The molecule has 0 aliphatic heterocycles. The van der Waals surface area contributed by atoms with Gasteiger partial charge in [0.2, 0.25) is 0 Å². The molecular weight excluding hydrogens is 276 g/mol. The van der Waals surface area contributed by atoms with Crippen LogP contribution < -0.4 is 4.74 Å². The monoisotopic (exact) mass is 285 g/mol. The van der Waals surface area contributed by atoms with Crippen LogP contribution in [0.1, 0.15) is 5.01 Å². The molecular formula is C12H9F2NO3S.